The summed E-state index contributed by atoms with van der Waals surface area (Å²) in [6, 6.07) is 21.9. The van der Waals surface area contributed by atoms with Crippen LogP contribution in [0.4, 0.5) is 4.39 Å². The highest BCUT2D eigenvalue weighted by Crippen LogP contribution is 2.51. The molecule has 3 aromatic carbocycles. The molecule has 2 unspecified atom stereocenters. The second-order valence-corrected chi connectivity index (χ2v) is 13.4. The predicted octanol–water partition coefficient (Wildman–Crippen LogP) is 5.13. The third-order valence-corrected chi connectivity index (χ3v) is 9.78. The van der Waals surface area contributed by atoms with Gasteiger partial charge in [-0.05, 0) is 53.8 Å². The van der Waals surface area contributed by atoms with Gasteiger partial charge in [0, 0.05) is 12.3 Å². The molecule has 1 aliphatic rings. The molecule has 0 spiro atoms. The monoisotopic (exact) mass is 626 g/mol. The van der Waals surface area contributed by atoms with Crippen molar-refractivity contribution in [2.45, 2.75) is 51.5 Å². The molecule has 44 heavy (non-hydrogen) atoms. The summed E-state index contributed by atoms with van der Waals surface area (Å²) >= 11 is 0. The van der Waals surface area contributed by atoms with Crippen LogP contribution in [-0.2, 0) is 25.2 Å². The zero-order valence-corrected chi connectivity index (χ0v) is 25.6. The molecule has 1 aromatic heterocycles. The zero-order valence-electron chi connectivity index (χ0n) is 24.7. The standard InChI is InChI=1S/C32H36FN2O8P/c1-21(17-40-18-25-11-5-4-8-22(25)2)20-44(39,43-26-13-12-23-9-6-7-10-24(23)16-26)41-19-27-29(37)32(3,33)30(42-27)35-15-14-28(36)34-31(35)38/h4-16,21,27,29-30,37H,17-20H2,1-3H3,(H,34,36,38)/t21?,27-,29-,30-,32-,44?/m1/s1. The number of aromatic nitrogens is 2. The highest BCUT2D eigenvalue weighted by atomic mass is 31.2. The summed E-state index contributed by atoms with van der Waals surface area (Å²) < 4.78 is 54.3. The number of ether oxygens (including phenoxy) is 2. The second-order valence-electron chi connectivity index (χ2n) is 11.4. The van der Waals surface area contributed by atoms with Gasteiger partial charge < -0.3 is 19.1 Å². The van der Waals surface area contributed by atoms with E-state index in [0.717, 1.165) is 45.7 Å². The number of halogens is 1. The Hall–Kier alpha value is -3.60. The average molecular weight is 627 g/mol. The van der Waals surface area contributed by atoms with Crippen molar-refractivity contribution in [1.82, 2.24) is 9.55 Å². The molecule has 1 saturated heterocycles. The normalized spacial score (nSPS) is 23.8. The van der Waals surface area contributed by atoms with Crippen molar-refractivity contribution in [2.24, 2.45) is 5.92 Å². The lowest BCUT2D eigenvalue weighted by molar-refractivity contribution is -0.0592. The van der Waals surface area contributed by atoms with Crippen molar-refractivity contribution in [3.63, 3.8) is 0 Å². The van der Waals surface area contributed by atoms with Gasteiger partial charge in [0.25, 0.3) is 5.56 Å². The molecule has 6 atom stereocenters. The minimum Gasteiger partial charge on any atom is -0.424 e. The molecule has 234 valence electrons. The molecule has 5 rings (SSSR count). The van der Waals surface area contributed by atoms with Crippen LogP contribution in [0.15, 0.2) is 88.6 Å². The number of aryl methyl sites for hydroxylation is 1. The van der Waals surface area contributed by atoms with E-state index in [-0.39, 0.29) is 18.7 Å². The largest absolute Gasteiger partial charge is 0.424 e. The van der Waals surface area contributed by atoms with Gasteiger partial charge in [-0.3, -0.25) is 18.9 Å². The van der Waals surface area contributed by atoms with Gasteiger partial charge in [-0.15, -0.1) is 0 Å². The Morgan fingerprint density at radius 2 is 1.82 bits per heavy atom. The minimum atomic E-state index is -3.94. The molecule has 0 radical (unpaired) electrons. The van der Waals surface area contributed by atoms with Crippen molar-refractivity contribution < 1.29 is 32.6 Å². The van der Waals surface area contributed by atoms with Gasteiger partial charge in [0.15, 0.2) is 11.9 Å². The van der Waals surface area contributed by atoms with E-state index in [1.54, 1.807) is 12.1 Å². The van der Waals surface area contributed by atoms with Gasteiger partial charge >= 0.3 is 13.3 Å². The third kappa shape index (κ3) is 7.20. The Balaban J connectivity index is 1.32. The lowest BCUT2D eigenvalue weighted by Crippen LogP contribution is -2.43. The number of rotatable bonds is 12. The second kappa shape index (κ2) is 13.2. The Morgan fingerprint density at radius 1 is 1.09 bits per heavy atom. The van der Waals surface area contributed by atoms with Crippen molar-refractivity contribution in [2.75, 3.05) is 19.4 Å². The summed E-state index contributed by atoms with van der Waals surface area (Å²) in [5, 5.41) is 12.7. The van der Waals surface area contributed by atoms with Crippen LogP contribution in [0.25, 0.3) is 10.8 Å². The molecule has 0 aliphatic carbocycles. The molecule has 0 amide bonds. The number of hydrogen-bond donors (Lipinski definition) is 2. The molecule has 0 saturated carbocycles. The van der Waals surface area contributed by atoms with E-state index in [2.05, 4.69) is 0 Å². The summed E-state index contributed by atoms with van der Waals surface area (Å²) in [5.41, 5.74) is -1.84. The third-order valence-electron chi connectivity index (χ3n) is 7.68. The zero-order chi connectivity index (χ0) is 31.5. The fourth-order valence-electron chi connectivity index (χ4n) is 5.23. The van der Waals surface area contributed by atoms with Gasteiger partial charge in [0.1, 0.15) is 18.0 Å². The molecular weight excluding hydrogens is 590 g/mol. The van der Waals surface area contributed by atoms with E-state index < -0.39 is 49.6 Å². The minimum absolute atomic E-state index is 0.0356. The highest BCUT2D eigenvalue weighted by molar-refractivity contribution is 7.54. The molecule has 2 N–H and O–H groups in total. The van der Waals surface area contributed by atoms with Crippen LogP contribution in [0.1, 0.15) is 31.2 Å². The van der Waals surface area contributed by atoms with Crippen molar-refractivity contribution in [1.29, 1.82) is 0 Å². The number of fused-ring (bicyclic) bond motifs is 1. The first-order chi connectivity index (χ1) is 20.9. The van der Waals surface area contributed by atoms with Crippen molar-refractivity contribution >= 4 is 18.4 Å². The Morgan fingerprint density at radius 3 is 2.57 bits per heavy atom. The summed E-state index contributed by atoms with van der Waals surface area (Å²) in [6.45, 7) is 5.11. The summed E-state index contributed by atoms with van der Waals surface area (Å²) in [7, 11) is -3.94. The van der Waals surface area contributed by atoms with Crippen LogP contribution >= 0.6 is 7.60 Å². The van der Waals surface area contributed by atoms with E-state index in [9.17, 15) is 19.3 Å². The van der Waals surface area contributed by atoms with E-state index in [1.807, 2.05) is 73.4 Å². The number of nitrogens with zero attached hydrogens (tertiary/aromatic N) is 1. The van der Waals surface area contributed by atoms with Crippen molar-refractivity contribution in [3.8, 4) is 5.75 Å². The van der Waals surface area contributed by atoms with Gasteiger partial charge in [-0.1, -0.05) is 61.5 Å². The number of benzene rings is 3. The first kappa shape index (κ1) is 31.8. The van der Waals surface area contributed by atoms with Gasteiger partial charge in [-0.2, -0.15) is 0 Å². The Labute approximate surface area is 253 Å². The topological polar surface area (TPSA) is 129 Å². The number of aliphatic hydroxyl groups excluding tert-OH is 1. The maximum Gasteiger partial charge on any atom is 0.379 e. The fourth-order valence-corrected chi connectivity index (χ4v) is 7.14. The SMILES string of the molecule is Cc1ccccc1COCC(C)CP(=O)(OC[C@H]1O[C@@H](n2ccc(=O)[nH]c2=O)[C@](C)(F)[C@@H]1O)Oc1ccc2ccccc2c1. The smallest absolute Gasteiger partial charge is 0.379 e. The lowest BCUT2D eigenvalue weighted by Gasteiger charge is -2.25. The average Bonchev–Trinajstić information content (AvgIpc) is 3.20. The maximum absolute atomic E-state index is 15.7. The number of nitrogens with one attached hydrogen (secondary N) is 1. The summed E-state index contributed by atoms with van der Waals surface area (Å²) in [5.74, 6) is 0.0552. The van der Waals surface area contributed by atoms with Crippen molar-refractivity contribution in [3.05, 3.63) is 111 Å². The Bertz CT molecular complexity index is 1770. The molecule has 2 heterocycles. The summed E-state index contributed by atoms with van der Waals surface area (Å²) in [4.78, 5) is 25.9. The molecular formula is C32H36FN2O8P. The number of H-pyrrole nitrogens is 1. The highest BCUT2D eigenvalue weighted by Gasteiger charge is 2.55. The van der Waals surface area contributed by atoms with Gasteiger partial charge in [-0.25, -0.2) is 13.8 Å². The number of aliphatic hydroxyl groups is 1. The Kier molecular flexibility index (Phi) is 9.53. The van der Waals surface area contributed by atoms with Crippen LogP contribution in [0.5, 0.6) is 5.75 Å². The predicted molar refractivity (Wildman–Crippen MR) is 164 cm³/mol. The molecule has 12 heteroatoms. The van der Waals surface area contributed by atoms with Gasteiger partial charge in [0.05, 0.1) is 26.0 Å². The van der Waals surface area contributed by atoms with E-state index in [1.165, 1.54) is 0 Å². The van der Waals surface area contributed by atoms with Crippen LogP contribution < -0.4 is 15.8 Å². The van der Waals surface area contributed by atoms with E-state index in [0.29, 0.717) is 12.4 Å². The molecule has 10 nitrogen and oxygen atoms in total. The molecule has 1 aliphatic heterocycles. The maximum atomic E-state index is 15.7. The van der Waals surface area contributed by atoms with Crippen LogP contribution in [0.2, 0.25) is 0 Å². The van der Waals surface area contributed by atoms with E-state index in [4.69, 9.17) is 18.5 Å². The summed E-state index contributed by atoms with van der Waals surface area (Å²) in [6.07, 6.45) is -3.55. The fraction of sp³-hybridized carbons (Fsp3) is 0.375. The van der Waals surface area contributed by atoms with Gasteiger partial charge in [0.2, 0.25) is 0 Å². The number of hydrogen-bond acceptors (Lipinski definition) is 8. The first-order valence-corrected chi connectivity index (χ1v) is 16.1. The molecule has 1 fully saturated rings. The van der Waals surface area contributed by atoms with Crippen LogP contribution in [0.3, 0.4) is 0 Å². The van der Waals surface area contributed by atoms with E-state index >= 15 is 4.39 Å². The number of alkyl halides is 1. The quantitative estimate of drug-likeness (QED) is 0.207. The molecule has 4 aromatic rings. The number of aromatic amines is 1. The van der Waals surface area contributed by atoms with Crippen LogP contribution in [0, 0.1) is 12.8 Å². The lowest BCUT2D eigenvalue weighted by atomic mass is 9.98. The molecule has 0 bridgehead atoms. The van der Waals surface area contributed by atoms with Crippen LogP contribution in [-0.4, -0.2) is 51.9 Å². The first-order valence-electron chi connectivity index (χ1n) is 14.3.